The van der Waals surface area contributed by atoms with Crippen LogP contribution >= 0.6 is 12.4 Å². The summed E-state index contributed by atoms with van der Waals surface area (Å²) in [5.41, 5.74) is -0.140. The monoisotopic (exact) mass is 332 g/mol. The van der Waals surface area contributed by atoms with Gasteiger partial charge in [-0.05, 0) is 6.07 Å². The molecule has 1 aliphatic rings. The number of halogens is 1. The van der Waals surface area contributed by atoms with Gasteiger partial charge in [-0.3, -0.25) is 25.1 Å². The summed E-state index contributed by atoms with van der Waals surface area (Å²) in [6.45, 7) is 3.20. The zero-order chi connectivity index (χ0) is 15.4. The van der Waals surface area contributed by atoms with Gasteiger partial charge in [0.2, 0.25) is 0 Å². The Hall–Kier alpha value is -1.97. The number of benzene rings is 1. The highest BCUT2D eigenvalue weighted by atomic mass is 35.5. The van der Waals surface area contributed by atoms with E-state index in [1.807, 2.05) is 4.90 Å². The smallest absolute Gasteiger partial charge is 0.299 e. The molecule has 0 spiro atoms. The summed E-state index contributed by atoms with van der Waals surface area (Å²) in [6, 6.07) is 3.70. The molecule has 1 fully saturated rings. The summed E-state index contributed by atoms with van der Waals surface area (Å²) >= 11 is 0. The molecule has 0 aromatic heterocycles. The van der Waals surface area contributed by atoms with Crippen LogP contribution in [0.3, 0.4) is 0 Å². The number of non-ortho nitro benzene ring substituents is 1. The van der Waals surface area contributed by atoms with Crippen molar-refractivity contribution in [2.75, 3.05) is 44.2 Å². The number of nitro benzene ring substituents is 2. The molecule has 10 heteroatoms. The highest BCUT2D eigenvalue weighted by Crippen LogP contribution is 2.32. The lowest BCUT2D eigenvalue weighted by atomic mass is 10.2. The fraction of sp³-hybridized carbons (Fsp3) is 0.500. The first kappa shape index (κ1) is 18.1. The number of anilines is 1. The van der Waals surface area contributed by atoms with E-state index >= 15 is 0 Å². The lowest BCUT2D eigenvalue weighted by molar-refractivity contribution is -0.393. The third kappa shape index (κ3) is 4.03. The number of β-amino-alcohol motifs (C(OH)–C–C–N with tert-alkyl or cyclic N) is 1. The van der Waals surface area contributed by atoms with E-state index in [1.54, 1.807) is 0 Å². The van der Waals surface area contributed by atoms with Crippen molar-refractivity contribution >= 4 is 29.5 Å². The van der Waals surface area contributed by atoms with Crippen molar-refractivity contribution in [3.8, 4) is 0 Å². The lowest BCUT2D eigenvalue weighted by Gasteiger charge is -2.35. The Balaban J connectivity index is 0.00000242. The molecule has 0 atom stereocenters. The zero-order valence-corrected chi connectivity index (χ0v) is 12.6. The van der Waals surface area contributed by atoms with Gasteiger partial charge in [0.05, 0.1) is 22.5 Å². The molecule has 1 aromatic carbocycles. The van der Waals surface area contributed by atoms with Gasteiger partial charge >= 0.3 is 0 Å². The van der Waals surface area contributed by atoms with Crippen molar-refractivity contribution in [3.63, 3.8) is 0 Å². The molecule has 0 amide bonds. The van der Waals surface area contributed by atoms with Crippen LogP contribution in [-0.2, 0) is 0 Å². The van der Waals surface area contributed by atoms with Crippen molar-refractivity contribution in [3.05, 3.63) is 38.4 Å². The summed E-state index contributed by atoms with van der Waals surface area (Å²) in [5, 5.41) is 30.7. The highest BCUT2D eigenvalue weighted by molar-refractivity contribution is 5.85. The number of nitrogens with zero attached hydrogens (tertiary/aromatic N) is 4. The van der Waals surface area contributed by atoms with E-state index in [4.69, 9.17) is 5.11 Å². The second-order valence-electron chi connectivity index (χ2n) is 4.74. The third-order valence-corrected chi connectivity index (χ3v) is 3.50. The van der Waals surface area contributed by atoms with Gasteiger partial charge in [-0.2, -0.15) is 0 Å². The Bertz CT molecular complexity index is 548. The number of aliphatic hydroxyl groups is 1. The van der Waals surface area contributed by atoms with Gasteiger partial charge in [0, 0.05) is 38.8 Å². The number of nitro groups is 2. The predicted octanol–water partition coefficient (Wildman–Crippen LogP) is 1.04. The van der Waals surface area contributed by atoms with Crippen molar-refractivity contribution in [2.45, 2.75) is 0 Å². The van der Waals surface area contributed by atoms with Crippen molar-refractivity contribution in [1.82, 2.24) is 4.90 Å². The van der Waals surface area contributed by atoms with Gasteiger partial charge in [0.25, 0.3) is 11.4 Å². The SMILES string of the molecule is Cl.O=[N+]([O-])c1ccc(N2CCN(CCO)CC2)c([N+](=O)[O-])c1. The molecule has 0 radical (unpaired) electrons. The van der Waals surface area contributed by atoms with Gasteiger partial charge in [-0.15, -0.1) is 12.4 Å². The molecule has 122 valence electrons. The number of hydrogen-bond acceptors (Lipinski definition) is 7. The van der Waals surface area contributed by atoms with Crippen LogP contribution in [0.4, 0.5) is 17.1 Å². The Kier molecular flexibility index (Phi) is 6.47. The fourth-order valence-electron chi connectivity index (χ4n) is 2.39. The topological polar surface area (TPSA) is 113 Å². The number of piperazine rings is 1. The first-order valence-electron chi connectivity index (χ1n) is 6.54. The molecular weight excluding hydrogens is 316 g/mol. The van der Waals surface area contributed by atoms with Crippen LogP contribution in [0.15, 0.2) is 18.2 Å². The molecule has 22 heavy (non-hydrogen) atoms. The zero-order valence-electron chi connectivity index (χ0n) is 11.8. The molecule has 9 nitrogen and oxygen atoms in total. The van der Waals surface area contributed by atoms with Crippen LogP contribution < -0.4 is 4.90 Å². The van der Waals surface area contributed by atoms with Crippen LogP contribution in [0.5, 0.6) is 0 Å². The second-order valence-corrected chi connectivity index (χ2v) is 4.74. The van der Waals surface area contributed by atoms with Crippen molar-refractivity contribution in [1.29, 1.82) is 0 Å². The molecule has 0 saturated carbocycles. The van der Waals surface area contributed by atoms with Crippen LogP contribution in [0, 0.1) is 20.2 Å². The minimum atomic E-state index is -0.643. The van der Waals surface area contributed by atoms with E-state index in [-0.39, 0.29) is 30.4 Å². The van der Waals surface area contributed by atoms with Gasteiger partial charge < -0.3 is 10.0 Å². The predicted molar refractivity (Wildman–Crippen MR) is 82.7 cm³/mol. The van der Waals surface area contributed by atoms with E-state index in [2.05, 4.69) is 4.90 Å². The number of hydrogen-bond donors (Lipinski definition) is 1. The summed E-state index contributed by atoms with van der Waals surface area (Å²) in [6.07, 6.45) is 0. The van der Waals surface area contributed by atoms with Gasteiger partial charge in [-0.1, -0.05) is 0 Å². The average molecular weight is 333 g/mol. The molecule has 0 aliphatic carbocycles. The Morgan fingerprint density at radius 3 is 2.23 bits per heavy atom. The Labute approximate surface area is 132 Å². The third-order valence-electron chi connectivity index (χ3n) is 3.50. The first-order valence-corrected chi connectivity index (χ1v) is 6.54. The Morgan fingerprint density at radius 1 is 1.09 bits per heavy atom. The lowest BCUT2D eigenvalue weighted by Crippen LogP contribution is -2.47. The van der Waals surface area contributed by atoms with E-state index in [0.717, 1.165) is 6.07 Å². The number of rotatable bonds is 5. The van der Waals surface area contributed by atoms with Gasteiger partial charge in [0.15, 0.2) is 0 Å². The van der Waals surface area contributed by atoms with Gasteiger partial charge in [-0.25, -0.2) is 0 Å². The maximum absolute atomic E-state index is 11.1. The largest absolute Gasteiger partial charge is 0.395 e. The Morgan fingerprint density at radius 2 is 1.73 bits per heavy atom. The molecule has 1 saturated heterocycles. The van der Waals surface area contributed by atoms with Gasteiger partial charge in [0.1, 0.15) is 5.69 Å². The molecule has 1 N–H and O–H groups in total. The van der Waals surface area contributed by atoms with Crippen molar-refractivity contribution < 1.29 is 15.0 Å². The maximum atomic E-state index is 11.1. The highest BCUT2D eigenvalue weighted by Gasteiger charge is 2.25. The van der Waals surface area contributed by atoms with Crippen LogP contribution in [-0.4, -0.2) is 59.2 Å². The van der Waals surface area contributed by atoms with Crippen LogP contribution in [0.1, 0.15) is 0 Å². The molecule has 0 bridgehead atoms. The summed E-state index contributed by atoms with van der Waals surface area (Å²) < 4.78 is 0. The minimum absolute atomic E-state index is 0. The standard InChI is InChI=1S/C12H16N4O5.ClH/c17-8-7-13-3-5-14(6-4-13)11-2-1-10(15(18)19)9-12(11)16(20)21;/h1-2,9,17H,3-8H2;1H. The molecule has 0 unspecified atom stereocenters. The van der Waals surface area contributed by atoms with Crippen LogP contribution in [0.2, 0.25) is 0 Å². The van der Waals surface area contributed by atoms with Crippen LogP contribution in [0.25, 0.3) is 0 Å². The second kappa shape index (κ2) is 7.87. The maximum Gasteiger partial charge on any atom is 0.299 e. The van der Waals surface area contributed by atoms with E-state index < -0.39 is 9.85 Å². The summed E-state index contributed by atoms with van der Waals surface area (Å²) in [7, 11) is 0. The molecule has 1 aliphatic heterocycles. The summed E-state index contributed by atoms with van der Waals surface area (Å²) in [4.78, 5) is 24.5. The number of aliphatic hydroxyl groups excluding tert-OH is 1. The van der Waals surface area contributed by atoms with E-state index in [9.17, 15) is 20.2 Å². The molecule has 1 heterocycles. The average Bonchev–Trinajstić information content (AvgIpc) is 2.47. The van der Waals surface area contributed by atoms with E-state index in [1.165, 1.54) is 12.1 Å². The molecular formula is C12H17ClN4O5. The molecule has 1 aromatic rings. The molecule has 2 rings (SSSR count). The normalized spacial score (nSPS) is 15.2. The van der Waals surface area contributed by atoms with Crippen molar-refractivity contribution in [2.24, 2.45) is 0 Å². The van der Waals surface area contributed by atoms with E-state index in [0.29, 0.717) is 38.4 Å². The summed E-state index contributed by atoms with van der Waals surface area (Å²) in [5.74, 6) is 0. The first-order chi connectivity index (χ1) is 10.0. The minimum Gasteiger partial charge on any atom is -0.395 e. The quantitative estimate of drug-likeness (QED) is 0.633. The fourth-order valence-corrected chi connectivity index (χ4v) is 2.39.